The van der Waals surface area contributed by atoms with Crippen LogP contribution in [0.2, 0.25) is 0 Å². The van der Waals surface area contributed by atoms with Crippen LogP contribution in [0.5, 0.6) is 6.01 Å². The minimum Gasteiger partial charge on any atom is -0.459 e. The van der Waals surface area contributed by atoms with Gasteiger partial charge in [-0.1, -0.05) is 32.0 Å². The Hall–Kier alpha value is -3.53. The molecule has 0 amide bonds. The molecule has 5 rings (SSSR count). The predicted molar refractivity (Wildman–Crippen MR) is 120 cm³/mol. The largest absolute Gasteiger partial charge is 0.459 e. The Morgan fingerprint density at radius 1 is 1.22 bits per heavy atom. The molecule has 1 saturated heterocycles. The van der Waals surface area contributed by atoms with Gasteiger partial charge >= 0.3 is 6.01 Å². The third kappa shape index (κ3) is 4.13. The van der Waals surface area contributed by atoms with Crippen LogP contribution in [0.3, 0.4) is 0 Å². The molecule has 0 saturated carbocycles. The first-order valence-electron chi connectivity index (χ1n) is 11.0. The zero-order valence-corrected chi connectivity index (χ0v) is 18.3. The Bertz CT molecular complexity index is 1180. The van der Waals surface area contributed by atoms with Gasteiger partial charge in [0.2, 0.25) is 5.95 Å². The average molecular weight is 434 g/mol. The van der Waals surface area contributed by atoms with Crippen molar-refractivity contribution in [3.8, 4) is 11.7 Å². The number of piperidine rings is 1. The molecule has 4 aromatic rings. The zero-order valence-electron chi connectivity index (χ0n) is 18.3. The fourth-order valence-corrected chi connectivity index (χ4v) is 3.91. The summed E-state index contributed by atoms with van der Waals surface area (Å²) in [6.07, 6.45) is 7.22. The van der Waals surface area contributed by atoms with E-state index in [1.54, 1.807) is 15.5 Å². The van der Waals surface area contributed by atoms with Crippen LogP contribution in [0.4, 0.5) is 5.95 Å². The number of nitrogens with one attached hydrogen (secondary N) is 2. The first kappa shape index (κ1) is 20.4. The number of ether oxygens (including phenoxy) is 1. The summed E-state index contributed by atoms with van der Waals surface area (Å²) in [6, 6.07) is 8.42. The summed E-state index contributed by atoms with van der Waals surface area (Å²) in [6.45, 7) is 6.62. The van der Waals surface area contributed by atoms with Crippen molar-refractivity contribution in [3.63, 3.8) is 0 Å². The van der Waals surface area contributed by atoms with Gasteiger partial charge in [0.1, 0.15) is 18.8 Å². The Balaban J connectivity index is 1.46. The van der Waals surface area contributed by atoms with Gasteiger partial charge in [0.15, 0.2) is 5.65 Å². The van der Waals surface area contributed by atoms with E-state index in [2.05, 4.69) is 50.7 Å². The summed E-state index contributed by atoms with van der Waals surface area (Å²) in [5.41, 5.74) is 3.83. The quantitative estimate of drug-likeness (QED) is 0.458. The van der Waals surface area contributed by atoms with E-state index in [0.29, 0.717) is 18.5 Å². The number of para-hydroxylation sites is 1. The molecule has 1 atom stereocenters. The maximum atomic E-state index is 6.15. The maximum Gasteiger partial charge on any atom is 0.322 e. The molecule has 3 aromatic heterocycles. The molecule has 10 nitrogen and oxygen atoms in total. The van der Waals surface area contributed by atoms with Crippen LogP contribution in [0.1, 0.15) is 43.7 Å². The SMILES string of the molecule is CC(C)c1cnn2c(NCc3ccccc3-n3cncn3)nc(OC3CCCNC3)nc12. The fourth-order valence-electron chi connectivity index (χ4n) is 3.91. The van der Waals surface area contributed by atoms with Gasteiger partial charge in [-0.15, -0.1) is 0 Å². The number of rotatable bonds is 7. The third-order valence-corrected chi connectivity index (χ3v) is 5.61. The number of benzene rings is 1. The van der Waals surface area contributed by atoms with Crippen LogP contribution in [0.25, 0.3) is 11.3 Å². The van der Waals surface area contributed by atoms with Crippen molar-refractivity contribution in [1.82, 2.24) is 39.7 Å². The van der Waals surface area contributed by atoms with Gasteiger partial charge in [0.25, 0.3) is 0 Å². The Labute approximate surface area is 186 Å². The number of hydrogen-bond acceptors (Lipinski definition) is 8. The molecule has 166 valence electrons. The number of aromatic nitrogens is 7. The number of nitrogens with zero attached hydrogens (tertiary/aromatic N) is 7. The number of fused-ring (bicyclic) bond motifs is 1. The molecule has 32 heavy (non-hydrogen) atoms. The Morgan fingerprint density at radius 3 is 2.91 bits per heavy atom. The van der Waals surface area contributed by atoms with Crippen LogP contribution >= 0.6 is 0 Å². The fraction of sp³-hybridized carbons (Fsp3) is 0.409. The van der Waals surface area contributed by atoms with Crippen molar-refractivity contribution in [2.45, 2.75) is 45.3 Å². The lowest BCUT2D eigenvalue weighted by molar-refractivity contribution is 0.153. The molecular formula is C22H27N9O. The van der Waals surface area contributed by atoms with Gasteiger partial charge in [0.05, 0.1) is 11.9 Å². The Morgan fingerprint density at radius 2 is 2.12 bits per heavy atom. The molecule has 1 aliphatic heterocycles. The summed E-state index contributed by atoms with van der Waals surface area (Å²) in [5, 5.41) is 15.6. The summed E-state index contributed by atoms with van der Waals surface area (Å²) < 4.78 is 9.66. The van der Waals surface area contributed by atoms with E-state index >= 15 is 0 Å². The topological polar surface area (TPSA) is 107 Å². The number of anilines is 1. The molecule has 1 fully saturated rings. The van der Waals surface area contributed by atoms with Crippen LogP contribution in [-0.2, 0) is 6.54 Å². The van der Waals surface area contributed by atoms with Crippen molar-refractivity contribution < 1.29 is 4.74 Å². The summed E-state index contributed by atoms with van der Waals surface area (Å²) >= 11 is 0. The standard InChI is InChI=1S/C22H27N9O/c1-15(2)18-12-26-31-20(18)28-22(32-17-7-5-9-23-11-17)29-21(31)25-10-16-6-3-4-8-19(16)30-14-24-13-27-30/h3-4,6,8,12-15,17,23H,5,7,9-11H2,1-2H3,(H,25,28,29). The predicted octanol–water partition coefficient (Wildman–Crippen LogP) is 2.57. The minimum absolute atomic E-state index is 0.0671. The smallest absolute Gasteiger partial charge is 0.322 e. The van der Waals surface area contributed by atoms with E-state index in [4.69, 9.17) is 9.72 Å². The highest BCUT2D eigenvalue weighted by atomic mass is 16.5. The second kappa shape index (κ2) is 8.91. The normalized spacial score (nSPS) is 16.5. The van der Waals surface area contributed by atoms with E-state index in [0.717, 1.165) is 48.4 Å². The molecule has 4 heterocycles. The average Bonchev–Trinajstić information content (AvgIpc) is 3.49. The second-order valence-electron chi connectivity index (χ2n) is 8.23. The van der Waals surface area contributed by atoms with Crippen molar-refractivity contribution in [1.29, 1.82) is 0 Å². The second-order valence-corrected chi connectivity index (χ2v) is 8.23. The summed E-state index contributed by atoms with van der Waals surface area (Å²) in [4.78, 5) is 13.4. The highest BCUT2D eigenvalue weighted by Crippen LogP contribution is 2.24. The molecule has 10 heteroatoms. The Kier molecular flexibility index (Phi) is 5.68. The summed E-state index contributed by atoms with van der Waals surface area (Å²) in [5.74, 6) is 0.876. The van der Waals surface area contributed by atoms with Crippen molar-refractivity contribution in [2.24, 2.45) is 0 Å². The van der Waals surface area contributed by atoms with Gasteiger partial charge in [-0.3, -0.25) is 0 Å². The molecule has 1 unspecified atom stereocenters. The monoisotopic (exact) mass is 433 g/mol. The lowest BCUT2D eigenvalue weighted by Gasteiger charge is -2.23. The van der Waals surface area contributed by atoms with Gasteiger partial charge < -0.3 is 15.4 Å². The minimum atomic E-state index is 0.0671. The van der Waals surface area contributed by atoms with Crippen molar-refractivity contribution in [3.05, 3.63) is 54.2 Å². The molecule has 1 aliphatic rings. The highest BCUT2D eigenvalue weighted by molar-refractivity contribution is 5.53. The van der Waals surface area contributed by atoms with Gasteiger partial charge in [0, 0.05) is 18.7 Å². The molecule has 0 aliphatic carbocycles. The third-order valence-electron chi connectivity index (χ3n) is 5.61. The van der Waals surface area contributed by atoms with Crippen molar-refractivity contribution in [2.75, 3.05) is 18.4 Å². The molecule has 2 N–H and O–H groups in total. The van der Waals surface area contributed by atoms with Crippen LogP contribution < -0.4 is 15.4 Å². The van der Waals surface area contributed by atoms with Crippen LogP contribution in [0, 0.1) is 0 Å². The van der Waals surface area contributed by atoms with Gasteiger partial charge in [-0.2, -0.15) is 24.7 Å². The molecule has 0 radical (unpaired) electrons. The molecule has 0 bridgehead atoms. The molecule has 1 aromatic carbocycles. The lowest BCUT2D eigenvalue weighted by Crippen LogP contribution is -2.37. The molecular weight excluding hydrogens is 406 g/mol. The lowest BCUT2D eigenvalue weighted by atomic mass is 10.1. The zero-order chi connectivity index (χ0) is 21.9. The van der Waals surface area contributed by atoms with E-state index in [9.17, 15) is 0 Å². The van der Waals surface area contributed by atoms with E-state index in [-0.39, 0.29) is 12.0 Å². The van der Waals surface area contributed by atoms with E-state index in [1.165, 1.54) is 6.33 Å². The summed E-state index contributed by atoms with van der Waals surface area (Å²) in [7, 11) is 0. The maximum absolute atomic E-state index is 6.15. The van der Waals surface area contributed by atoms with Crippen LogP contribution in [-0.4, -0.2) is 53.5 Å². The number of hydrogen-bond donors (Lipinski definition) is 2. The van der Waals surface area contributed by atoms with Gasteiger partial charge in [-0.25, -0.2) is 9.67 Å². The first-order valence-corrected chi connectivity index (χ1v) is 11.0. The van der Waals surface area contributed by atoms with Crippen molar-refractivity contribution >= 4 is 11.6 Å². The van der Waals surface area contributed by atoms with Crippen LogP contribution in [0.15, 0.2) is 43.1 Å². The first-order chi connectivity index (χ1) is 15.7. The van der Waals surface area contributed by atoms with E-state index in [1.807, 2.05) is 24.4 Å². The van der Waals surface area contributed by atoms with Gasteiger partial charge in [-0.05, 0) is 36.9 Å². The highest BCUT2D eigenvalue weighted by Gasteiger charge is 2.20. The molecule has 0 spiro atoms. The van der Waals surface area contributed by atoms with E-state index < -0.39 is 0 Å².